The van der Waals surface area contributed by atoms with Crippen LogP contribution in [0.3, 0.4) is 0 Å². The van der Waals surface area contributed by atoms with Crippen LogP contribution in [0.2, 0.25) is 5.02 Å². The quantitative estimate of drug-likeness (QED) is 0.908. The highest BCUT2D eigenvalue weighted by Crippen LogP contribution is 2.40. The zero-order valence-electron chi connectivity index (χ0n) is 11.3. The molecule has 1 atom stereocenters. The Morgan fingerprint density at radius 2 is 1.75 bits per heavy atom. The molecular weight excluding hydrogens is 272 g/mol. The van der Waals surface area contributed by atoms with E-state index in [0.717, 1.165) is 17.0 Å². The van der Waals surface area contributed by atoms with Gasteiger partial charge in [-0.1, -0.05) is 41.9 Å². The van der Waals surface area contributed by atoms with E-state index >= 15 is 0 Å². The number of hydrogen-bond acceptors (Lipinski definition) is 2. The molecule has 2 aromatic rings. The summed E-state index contributed by atoms with van der Waals surface area (Å²) >= 11 is 6.00. The summed E-state index contributed by atoms with van der Waals surface area (Å²) in [6.07, 6.45) is 1.92. The Bertz CT molecular complexity index is 603. The normalized spacial score (nSPS) is 15.9. The number of aliphatic hydroxyl groups is 1. The maximum absolute atomic E-state index is 10.4. The van der Waals surface area contributed by atoms with Crippen molar-refractivity contribution in [1.29, 1.82) is 0 Å². The second-order valence-corrected chi connectivity index (χ2v) is 5.64. The average molecular weight is 289 g/mol. The number of ether oxygens (including phenoxy) is 1. The lowest BCUT2D eigenvalue weighted by molar-refractivity contribution is 0.220. The molecule has 3 heteroatoms. The van der Waals surface area contributed by atoms with E-state index in [1.807, 2.05) is 18.2 Å². The lowest BCUT2D eigenvalue weighted by Crippen LogP contribution is -2.00. The molecule has 0 spiro atoms. The van der Waals surface area contributed by atoms with E-state index in [1.165, 1.54) is 18.4 Å². The van der Waals surface area contributed by atoms with Gasteiger partial charge in [0.1, 0.15) is 11.9 Å². The van der Waals surface area contributed by atoms with Crippen molar-refractivity contribution in [2.45, 2.75) is 24.9 Å². The van der Waals surface area contributed by atoms with Crippen molar-refractivity contribution in [3.63, 3.8) is 0 Å². The van der Waals surface area contributed by atoms with E-state index in [0.29, 0.717) is 10.8 Å². The van der Waals surface area contributed by atoms with Crippen molar-refractivity contribution in [3.8, 4) is 5.75 Å². The summed E-state index contributed by atoms with van der Waals surface area (Å²) in [6.45, 7) is 0. The van der Waals surface area contributed by atoms with Crippen LogP contribution in [0.25, 0.3) is 0 Å². The fourth-order valence-corrected chi connectivity index (χ4v) is 2.60. The van der Waals surface area contributed by atoms with E-state index in [1.54, 1.807) is 19.2 Å². The maximum Gasteiger partial charge on any atom is 0.137 e. The van der Waals surface area contributed by atoms with Gasteiger partial charge in [-0.05, 0) is 47.6 Å². The minimum absolute atomic E-state index is 0.549. The van der Waals surface area contributed by atoms with Gasteiger partial charge < -0.3 is 9.84 Å². The summed E-state index contributed by atoms with van der Waals surface area (Å²) in [4.78, 5) is 0. The van der Waals surface area contributed by atoms with E-state index in [-0.39, 0.29) is 0 Å². The number of methoxy groups -OCH3 is 1. The van der Waals surface area contributed by atoms with Gasteiger partial charge in [0.05, 0.1) is 12.1 Å². The molecule has 20 heavy (non-hydrogen) atoms. The summed E-state index contributed by atoms with van der Waals surface area (Å²) in [5.41, 5.74) is 3.04. The maximum atomic E-state index is 10.4. The first-order valence-corrected chi connectivity index (χ1v) is 7.18. The first-order valence-electron chi connectivity index (χ1n) is 6.80. The molecule has 1 N–H and O–H groups in total. The molecule has 2 nitrogen and oxygen atoms in total. The number of aliphatic hydroxyl groups excluding tert-OH is 1. The molecular formula is C17H17ClO2. The van der Waals surface area contributed by atoms with Gasteiger partial charge in [-0.15, -0.1) is 0 Å². The zero-order chi connectivity index (χ0) is 14.1. The van der Waals surface area contributed by atoms with Gasteiger partial charge >= 0.3 is 0 Å². The van der Waals surface area contributed by atoms with Crippen LogP contribution < -0.4 is 4.74 Å². The summed E-state index contributed by atoms with van der Waals surface area (Å²) in [7, 11) is 1.57. The third-order valence-electron chi connectivity index (χ3n) is 3.79. The molecule has 2 aromatic carbocycles. The number of hydrogen-bond donors (Lipinski definition) is 1. The second-order valence-electron chi connectivity index (χ2n) is 5.24. The predicted octanol–water partition coefficient (Wildman–Crippen LogP) is 4.31. The predicted molar refractivity (Wildman–Crippen MR) is 80.5 cm³/mol. The van der Waals surface area contributed by atoms with Crippen molar-refractivity contribution in [2.24, 2.45) is 0 Å². The number of halogens is 1. The third-order valence-corrected chi connectivity index (χ3v) is 4.10. The van der Waals surface area contributed by atoms with Gasteiger partial charge in [0, 0.05) is 0 Å². The fourth-order valence-electron chi connectivity index (χ4n) is 2.41. The highest BCUT2D eigenvalue weighted by atomic mass is 35.5. The third kappa shape index (κ3) is 2.67. The lowest BCUT2D eigenvalue weighted by Gasteiger charge is -2.14. The lowest BCUT2D eigenvalue weighted by atomic mass is 9.99. The molecule has 0 amide bonds. The van der Waals surface area contributed by atoms with Gasteiger partial charge in [0.2, 0.25) is 0 Å². The molecule has 0 aromatic heterocycles. The Hall–Kier alpha value is -1.51. The molecule has 3 rings (SSSR count). The molecule has 1 fully saturated rings. The van der Waals surface area contributed by atoms with Crippen LogP contribution in [0, 0.1) is 0 Å². The molecule has 0 radical (unpaired) electrons. The van der Waals surface area contributed by atoms with Crippen molar-refractivity contribution in [1.82, 2.24) is 0 Å². The Morgan fingerprint density at radius 1 is 1.10 bits per heavy atom. The topological polar surface area (TPSA) is 29.5 Å². The molecule has 0 bridgehead atoms. The first-order chi connectivity index (χ1) is 9.69. The molecule has 0 aliphatic heterocycles. The van der Waals surface area contributed by atoms with Gasteiger partial charge in [0.25, 0.3) is 0 Å². The number of benzene rings is 2. The fraction of sp³-hybridized carbons (Fsp3) is 0.294. The van der Waals surface area contributed by atoms with Crippen LogP contribution in [0.4, 0.5) is 0 Å². The zero-order valence-corrected chi connectivity index (χ0v) is 12.1. The average Bonchev–Trinajstić information content (AvgIpc) is 3.32. The van der Waals surface area contributed by atoms with Crippen LogP contribution in [-0.2, 0) is 0 Å². The SMILES string of the molecule is COc1cc(C(O)c2ccc(C3CC3)cc2)ccc1Cl. The number of rotatable bonds is 4. The Kier molecular flexibility index (Phi) is 3.68. The van der Waals surface area contributed by atoms with Crippen LogP contribution >= 0.6 is 11.6 Å². The monoisotopic (exact) mass is 288 g/mol. The van der Waals surface area contributed by atoms with E-state index < -0.39 is 6.10 Å². The van der Waals surface area contributed by atoms with Crippen molar-refractivity contribution in [2.75, 3.05) is 7.11 Å². The smallest absolute Gasteiger partial charge is 0.137 e. The summed E-state index contributed by atoms with van der Waals surface area (Å²) in [5, 5.41) is 11.0. The van der Waals surface area contributed by atoms with Crippen LogP contribution in [-0.4, -0.2) is 12.2 Å². The summed E-state index contributed by atoms with van der Waals surface area (Å²) in [6, 6.07) is 13.6. The van der Waals surface area contributed by atoms with Crippen LogP contribution in [0.5, 0.6) is 5.75 Å². The highest BCUT2D eigenvalue weighted by Gasteiger charge is 2.23. The van der Waals surface area contributed by atoms with E-state index in [4.69, 9.17) is 16.3 Å². The molecule has 104 valence electrons. The van der Waals surface area contributed by atoms with E-state index in [2.05, 4.69) is 12.1 Å². The first kappa shape index (κ1) is 13.5. The summed E-state index contributed by atoms with van der Waals surface area (Å²) in [5.74, 6) is 1.31. The molecule has 0 saturated heterocycles. The Balaban J connectivity index is 1.85. The van der Waals surface area contributed by atoms with Gasteiger partial charge in [-0.2, -0.15) is 0 Å². The minimum Gasteiger partial charge on any atom is -0.495 e. The van der Waals surface area contributed by atoms with Crippen molar-refractivity contribution >= 4 is 11.6 Å². The highest BCUT2D eigenvalue weighted by molar-refractivity contribution is 6.32. The van der Waals surface area contributed by atoms with Crippen LogP contribution in [0.1, 0.15) is 41.6 Å². The molecule has 1 aliphatic carbocycles. The Labute approximate surface area is 124 Å². The van der Waals surface area contributed by atoms with E-state index in [9.17, 15) is 5.11 Å². The van der Waals surface area contributed by atoms with Crippen molar-refractivity contribution < 1.29 is 9.84 Å². The molecule has 1 aliphatic rings. The largest absolute Gasteiger partial charge is 0.495 e. The van der Waals surface area contributed by atoms with Crippen LogP contribution in [0.15, 0.2) is 42.5 Å². The second kappa shape index (κ2) is 5.47. The van der Waals surface area contributed by atoms with Crippen molar-refractivity contribution in [3.05, 3.63) is 64.2 Å². The van der Waals surface area contributed by atoms with Gasteiger partial charge in [0.15, 0.2) is 0 Å². The Morgan fingerprint density at radius 3 is 2.35 bits per heavy atom. The minimum atomic E-state index is -0.658. The summed E-state index contributed by atoms with van der Waals surface area (Å²) < 4.78 is 5.19. The van der Waals surface area contributed by atoms with Gasteiger partial charge in [-0.25, -0.2) is 0 Å². The molecule has 1 unspecified atom stereocenters. The van der Waals surface area contributed by atoms with Gasteiger partial charge in [-0.3, -0.25) is 0 Å². The molecule has 0 heterocycles. The molecule has 1 saturated carbocycles. The standard InChI is InChI=1S/C17H17ClO2/c1-20-16-10-14(8-9-15(16)18)17(19)13-6-4-12(5-7-13)11-2-3-11/h4-11,17,19H,2-3H2,1H3.